The maximum Gasteiger partial charge on any atom is 0.342 e. The Bertz CT molecular complexity index is 886. The molecule has 0 fully saturated rings. The molecule has 2 aromatic rings. The Hall–Kier alpha value is -3.28. The van der Waals surface area contributed by atoms with Crippen LogP contribution in [0.1, 0.15) is 21.5 Å². The van der Waals surface area contributed by atoms with Gasteiger partial charge in [0.25, 0.3) is 0 Å². The Morgan fingerprint density at radius 2 is 1.54 bits per heavy atom. The molecule has 0 aliphatic heterocycles. The zero-order chi connectivity index (χ0) is 19.1. The minimum Gasteiger partial charge on any atom is -0.493 e. The number of carbonyl (C=O) groups excluding carboxylic acids is 1. The summed E-state index contributed by atoms with van der Waals surface area (Å²) in [4.78, 5) is 24.6. The van der Waals surface area contributed by atoms with E-state index in [1.165, 1.54) is 20.3 Å². The van der Waals surface area contributed by atoms with Gasteiger partial charge in [0.05, 0.1) is 28.4 Å². The number of methoxy groups -OCH3 is 4. The average Bonchev–Trinajstić information content (AvgIpc) is 2.83. The number of ether oxygens (including phenoxy) is 4. The van der Waals surface area contributed by atoms with Gasteiger partial charge in [-0.15, -0.1) is 0 Å². The number of esters is 1. The van der Waals surface area contributed by atoms with Crippen molar-refractivity contribution in [3.05, 3.63) is 63.3 Å². The van der Waals surface area contributed by atoms with Gasteiger partial charge in [-0.2, -0.15) is 0 Å². The maximum atomic E-state index is 12.5. The highest BCUT2D eigenvalue weighted by Crippen LogP contribution is 2.28. The maximum absolute atomic E-state index is 12.5. The van der Waals surface area contributed by atoms with E-state index < -0.39 is 11.4 Å². The van der Waals surface area contributed by atoms with Gasteiger partial charge >= 0.3 is 5.97 Å². The van der Waals surface area contributed by atoms with E-state index in [9.17, 15) is 9.59 Å². The van der Waals surface area contributed by atoms with Crippen molar-refractivity contribution in [2.24, 2.45) is 0 Å². The summed E-state index contributed by atoms with van der Waals surface area (Å²) in [5.74, 6) is 0.526. The molecule has 0 aromatic heterocycles. The lowest BCUT2D eigenvalue weighted by molar-refractivity contribution is 0.0599. The molecule has 2 rings (SSSR count). The van der Waals surface area contributed by atoms with E-state index in [-0.39, 0.29) is 11.3 Å². The van der Waals surface area contributed by atoms with E-state index in [4.69, 9.17) is 18.9 Å². The van der Waals surface area contributed by atoms with Gasteiger partial charge in [-0.05, 0) is 29.3 Å². The van der Waals surface area contributed by atoms with Crippen LogP contribution in [0.2, 0.25) is 0 Å². The van der Waals surface area contributed by atoms with Crippen LogP contribution in [0.3, 0.4) is 0 Å². The predicted molar refractivity (Wildman–Crippen MR) is 99.1 cm³/mol. The normalized spacial score (nSPS) is 10.5. The SMILES string of the molecule is COC(=O)c1c(/C=C/c2ccc(OC)c(OC)c2)cccc(OC)c1=O. The largest absolute Gasteiger partial charge is 0.493 e. The number of hydrogen-bond acceptors (Lipinski definition) is 6. The Balaban J connectivity index is 2.54. The average molecular weight is 356 g/mol. The van der Waals surface area contributed by atoms with Crippen molar-refractivity contribution < 1.29 is 23.7 Å². The predicted octanol–water partition coefficient (Wildman–Crippen LogP) is 3.03. The van der Waals surface area contributed by atoms with Crippen LogP contribution in [-0.4, -0.2) is 34.4 Å². The Kier molecular flexibility index (Phi) is 6.38. The van der Waals surface area contributed by atoms with Gasteiger partial charge in [0.2, 0.25) is 5.43 Å². The van der Waals surface area contributed by atoms with Gasteiger partial charge in [0, 0.05) is 0 Å². The van der Waals surface area contributed by atoms with Crippen LogP contribution in [-0.2, 0) is 4.74 Å². The molecule has 0 amide bonds. The summed E-state index contributed by atoms with van der Waals surface area (Å²) in [6, 6.07) is 10.2. The molecule has 0 bridgehead atoms. The van der Waals surface area contributed by atoms with Gasteiger partial charge in [-0.1, -0.05) is 30.4 Å². The first kappa shape index (κ1) is 19.1. The van der Waals surface area contributed by atoms with E-state index in [1.807, 2.05) is 6.07 Å². The molecule has 0 heterocycles. The highest BCUT2D eigenvalue weighted by Gasteiger charge is 2.16. The smallest absolute Gasteiger partial charge is 0.342 e. The second-order valence-corrected chi connectivity index (χ2v) is 5.19. The fraction of sp³-hybridized carbons (Fsp3) is 0.200. The molecular formula is C20H20O6. The molecule has 6 heteroatoms. The second kappa shape index (κ2) is 8.71. The lowest BCUT2D eigenvalue weighted by Gasteiger charge is -2.07. The summed E-state index contributed by atoms with van der Waals surface area (Å²) >= 11 is 0. The van der Waals surface area contributed by atoms with Gasteiger partial charge < -0.3 is 18.9 Å². The van der Waals surface area contributed by atoms with Crippen LogP contribution in [0, 0.1) is 0 Å². The van der Waals surface area contributed by atoms with E-state index >= 15 is 0 Å². The van der Waals surface area contributed by atoms with Crippen molar-refractivity contribution >= 4 is 18.1 Å². The Morgan fingerprint density at radius 3 is 2.15 bits per heavy atom. The minimum absolute atomic E-state index is 0.0659. The number of carbonyl (C=O) groups is 1. The van der Waals surface area contributed by atoms with Crippen LogP contribution in [0.5, 0.6) is 17.2 Å². The van der Waals surface area contributed by atoms with Crippen LogP contribution in [0.25, 0.3) is 12.2 Å². The molecule has 0 saturated heterocycles. The van der Waals surface area contributed by atoms with Crippen LogP contribution < -0.4 is 19.6 Å². The molecule has 0 spiro atoms. The summed E-state index contributed by atoms with van der Waals surface area (Å²) in [5.41, 5.74) is 0.603. The van der Waals surface area contributed by atoms with Crippen molar-refractivity contribution in [1.29, 1.82) is 0 Å². The lowest BCUT2D eigenvalue weighted by Crippen LogP contribution is -2.17. The molecule has 0 unspecified atom stereocenters. The van der Waals surface area contributed by atoms with Crippen molar-refractivity contribution in [2.75, 3.05) is 28.4 Å². The third-order valence-electron chi connectivity index (χ3n) is 3.74. The first-order chi connectivity index (χ1) is 12.5. The van der Waals surface area contributed by atoms with Crippen molar-refractivity contribution in [2.45, 2.75) is 0 Å². The van der Waals surface area contributed by atoms with Crippen molar-refractivity contribution in [3.63, 3.8) is 0 Å². The summed E-state index contributed by atoms with van der Waals surface area (Å²) in [7, 11) is 5.71. The van der Waals surface area contributed by atoms with E-state index in [0.717, 1.165) is 5.56 Å². The Morgan fingerprint density at radius 1 is 0.846 bits per heavy atom. The fourth-order valence-electron chi connectivity index (χ4n) is 2.41. The topological polar surface area (TPSA) is 71.1 Å². The molecule has 0 radical (unpaired) electrons. The highest BCUT2D eigenvalue weighted by atomic mass is 16.5. The fourth-order valence-corrected chi connectivity index (χ4v) is 2.41. The highest BCUT2D eigenvalue weighted by molar-refractivity contribution is 5.95. The molecule has 26 heavy (non-hydrogen) atoms. The summed E-state index contributed by atoms with van der Waals surface area (Å²) < 4.78 is 20.3. The van der Waals surface area contributed by atoms with E-state index in [1.54, 1.807) is 50.6 Å². The lowest BCUT2D eigenvalue weighted by atomic mass is 10.1. The first-order valence-electron chi connectivity index (χ1n) is 7.75. The van der Waals surface area contributed by atoms with Gasteiger partial charge in [0.1, 0.15) is 5.56 Å². The van der Waals surface area contributed by atoms with E-state index in [2.05, 4.69) is 0 Å². The molecule has 0 saturated carbocycles. The molecule has 0 aliphatic carbocycles. The zero-order valence-electron chi connectivity index (χ0n) is 15.1. The molecule has 136 valence electrons. The van der Waals surface area contributed by atoms with Crippen molar-refractivity contribution in [1.82, 2.24) is 0 Å². The van der Waals surface area contributed by atoms with Gasteiger partial charge in [0.15, 0.2) is 17.2 Å². The standard InChI is InChI=1S/C20H20O6/c1-23-15-11-9-13(12-17(15)25-3)8-10-14-6-5-7-16(24-2)19(21)18(14)20(22)26-4/h5-12H,1-4H3/b10-8+. The number of rotatable bonds is 6. The molecule has 0 atom stereocenters. The van der Waals surface area contributed by atoms with Crippen LogP contribution in [0.15, 0.2) is 41.2 Å². The number of hydrogen-bond donors (Lipinski definition) is 0. The minimum atomic E-state index is -0.725. The zero-order valence-corrected chi connectivity index (χ0v) is 15.1. The summed E-state index contributed by atoms with van der Waals surface area (Å²) in [6.45, 7) is 0. The van der Waals surface area contributed by atoms with Crippen LogP contribution in [0.4, 0.5) is 0 Å². The van der Waals surface area contributed by atoms with Crippen LogP contribution >= 0.6 is 0 Å². The molecule has 0 N–H and O–H groups in total. The monoisotopic (exact) mass is 356 g/mol. The van der Waals surface area contributed by atoms with Gasteiger partial charge in [-0.3, -0.25) is 4.79 Å². The first-order valence-corrected chi connectivity index (χ1v) is 7.75. The Labute approximate surface area is 151 Å². The second-order valence-electron chi connectivity index (χ2n) is 5.19. The third-order valence-corrected chi connectivity index (χ3v) is 3.74. The molecule has 2 aromatic carbocycles. The third kappa shape index (κ3) is 4.03. The van der Waals surface area contributed by atoms with Gasteiger partial charge in [-0.25, -0.2) is 4.79 Å². The summed E-state index contributed by atoms with van der Waals surface area (Å²) in [5, 5.41) is 0. The molecule has 0 aliphatic rings. The van der Waals surface area contributed by atoms with Crippen molar-refractivity contribution in [3.8, 4) is 17.2 Å². The number of benzene rings is 1. The molecular weight excluding hydrogens is 336 g/mol. The molecule has 6 nitrogen and oxygen atoms in total. The summed E-state index contributed by atoms with van der Waals surface area (Å²) in [6.07, 6.45) is 3.42. The van der Waals surface area contributed by atoms with E-state index in [0.29, 0.717) is 17.1 Å². The quantitative estimate of drug-likeness (QED) is 0.741.